The summed E-state index contributed by atoms with van der Waals surface area (Å²) < 4.78 is 17.5. The van der Waals surface area contributed by atoms with Gasteiger partial charge in [0.15, 0.2) is 11.5 Å². The molecule has 40 heavy (non-hydrogen) atoms. The lowest BCUT2D eigenvalue weighted by atomic mass is 10.0. The molecule has 4 aromatic rings. The van der Waals surface area contributed by atoms with E-state index in [9.17, 15) is 14.4 Å². The molecule has 0 atom stereocenters. The van der Waals surface area contributed by atoms with Crippen LogP contribution in [0.25, 0.3) is 11.3 Å². The number of hydrogen-bond donors (Lipinski definition) is 1. The van der Waals surface area contributed by atoms with Gasteiger partial charge in [-0.05, 0) is 48.9 Å². The molecule has 6 rings (SSSR count). The summed E-state index contributed by atoms with van der Waals surface area (Å²) in [5, 5.41) is 3.07. The average molecular weight is 539 g/mol. The Labute approximate surface area is 229 Å². The van der Waals surface area contributed by atoms with Crippen LogP contribution in [0.4, 0.5) is 5.69 Å². The van der Waals surface area contributed by atoms with Crippen molar-refractivity contribution in [2.24, 2.45) is 0 Å². The van der Waals surface area contributed by atoms with Gasteiger partial charge in [0, 0.05) is 25.4 Å². The van der Waals surface area contributed by atoms with E-state index in [4.69, 9.17) is 14.2 Å². The third-order valence-electron chi connectivity index (χ3n) is 6.97. The highest BCUT2D eigenvalue weighted by atomic mass is 16.7. The Balaban J connectivity index is 1.48. The number of nitrogens with zero attached hydrogens (tertiary/aromatic N) is 3. The molecule has 0 unspecified atom stereocenters. The lowest BCUT2D eigenvalue weighted by molar-refractivity contribution is -0.120. The van der Waals surface area contributed by atoms with Gasteiger partial charge < -0.3 is 19.1 Å². The number of rotatable bonds is 7. The van der Waals surface area contributed by atoms with Gasteiger partial charge in [-0.15, -0.1) is 0 Å². The number of amides is 2. The second-order valence-electron chi connectivity index (χ2n) is 9.50. The van der Waals surface area contributed by atoms with Crippen molar-refractivity contribution in [1.29, 1.82) is 0 Å². The molecule has 1 N–H and O–H groups in total. The number of aromatic nitrogens is 2. The van der Waals surface area contributed by atoms with E-state index in [1.54, 1.807) is 68.4 Å². The standard InChI is InChI=1S/C30H26N4O6/c1-18-25(29(36)34(31-18)20-9-12-22(38-3)13-10-20)26-27(32(2)16-19-7-5-4-6-8-19)30(37)33(28(26)35)21-11-14-23-24(15-21)40-17-39-23/h4-15,31H,16-17H2,1-3H3. The van der Waals surface area contributed by atoms with Crippen LogP contribution in [0, 0.1) is 6.92 Å². The zero-order valence-electron chi connectivity index (χ0n) is 22.1. The summed E-state index contributed by atoms with van der Waals surface area (Å²) >= 11 is 0. The minimum absolute atomic E-state index is 0.0344. The van der Waals surface area contributed by atoms with E-state index in [-0.39, 0.29) is 23.6 Å². The van der Waals surface area contributed by atoms with Crippen molar-refractivity contribution in [1.82, 2.24) is 14.7 Å². The van der Waals surface area contributed by atoms with Gasteiger partial charge in [-0.1, -0.05) is 30.3 Å². The van der Waals surface area contributed by atoms with E-state index >= 15 is 0 Å². The third kappa shape index (κ3) is 4.10. The van der Waals surface area contributed by atoms with Crippen LogP contribution >= 0.6 is 0 Å². The lowest BCUT2D eigenvalue weighted by Gasteiger charge is -2.21. The van der Waals surface area contributed by atoms with Crippen LogP contribution in [0.5, 0.6) is 17.2 Å². The Morgan fingerprint density at radius 3 is 2.33 bits per heavy atom. The van der Waals surface area contributed by atoms with E-state index in [0.717, 1.165) is 10.5 Å². The number of nitrogens with one attached hydrogen (secondary N) is 1. The molecular formula is C30H26N4O6. The van der Waals surface area contributed by atoms with Gasteiger partial charge in [0.1, 0.15) is 11.4 Å². The number of ether oxygens (including phenoxy) is 3. The number of fused-ring (bicyclic) bond motifs is 1. The Morgan fingerprint density at radius 2 is 1.60 bits per heavy atom. The molecule has 0 saturated heterocycles. The molecule has 0 aliphatic carbocycles. The summed E-state index contributed by atoms with van der Waals surface area (Å²) in [6.45, 7) is 2.12. The summed E-state index contributed by atoms with van der Waals surface area (Å²) in [5.74, 6) is 0.476. The Hall–Kier alpha value is -5.25. The van der Waals surface area contributed by atoms with Crippen molar-refractivity contribution in [2.45, 2.75) is 13.5 Å². The number of likely N-dealkylation sites (N-methyl/N-ethyl adjacent to an activating group) is 1. The largest absolute Gasteiger partial charge is 0.497 e. The van der Waals surface area contributed by atoms with Crippen LogP contribution in [-0.2, 0) is 16.1 Å². The number of H-pyrrole nitrogens is 1. The van der Waals surface area contributed by atoms with Crippen LogP contribution in [0.3, 0.4) is 0 Å². The predicted octanol–water partition coefficient (Wildman–Crippen LogP) is 3.63. The Kier molecular flexibility index (Phi) is 6.14. The molecule has 0 fully saturated rings. The lowest BCUT2D eigenvalue weighted by Crippen LogP contribution is -2.34. The molecule has 3 heterocycles. The second-order valence-corrected chi connectivity index (χ2v) is 9.50. The first kappa shape index (κ1) is 25.1. The number of imide groups is 1. The molecule has 0 bridgehead atoms. The molecule has 3 aromatic carbocycles. The number of aryl methyl sites for hydroxylation is 1. The number of anilines is 1. The molecule has 0 spiro atoms. The molecule has 0 radical (unpaired) electrons. The van der Waals surface area contributed by atoms with Gasteiger partial charge in [-0.2, -0.15) is 0 Å². The van der Waals surface area contributed by atoms with Crippen molar-refractivity contribution >= 4 is 23.1 Å². The number of benzene rings is 3. The number of hydrogen-bond acceptors (Lipinski definition) is 7. The fourth-order valence-corrected chi connectivity index (χ4v) is 5.05. The van der Waals surface area contributed by atoms with Crippen molar-refractivity contribution in [3.05, 3.63) is 106 Å². The highest BCUT2D eigenvalue weighted by molar-refractivity contribution is 6.45. The maximum absolute atomic E-state index is 14.1. The molecule has 1 aromatic heterocycles. The van der Waals surface area contributed by atoms with Gasteiger partial charge in [-0.25, -0.2) is 9.58 Å². The fourth-order valence-electron chi connectivity index (χ4n) is 5.05. The molecule has 0 saturated carbocycles. The van der Waals surface area contributed by atoms with Gasteiger partial charge in [0.25, 0.3) is 17.4 Å². The van der Waals surface area contributed by atoms with Crippen LogP contribution in [-0.4, -0.2) is 47.4 Å². The maximum Gasteiger partial charge on any atom is 0.282 e. The third-order valence-corrected chi connectivity index (χ3v) is 6.97. The summed E-state index contributed by atoms with van der Waals surface area (Å²) in [7, 11) is 3.30. The molecular weight excluding hydrogens is 512 g/mol. The normalized spacial score (nSPS) is 14.3. The highest BCUT2D eigenvalue weighted by Gasteiger charge is 2.44. The van der Waals surface area contributed by atoms with Crippen molar-refractivity contribution in [3.63, 3.8) is 0 Å². The van der Waals surface area contributed by atoms with E-state index in [2.05, 4.69) is 5.10 Å². The number of carbonyl (C=O) groups is 2. The van der Waals surface area contributed by atoms with E-state index in [1.165, 1.54) is 4.68 Å². The topological polar surface area (TPSA) is 106 Å². The summed E-state index contributed by atoms with van der Waals surface area (Å²) in [6, 6.07) is 21.4. The summed E-state index contributed by atoms with van der Waals surface area (Å²) in [5.41, 5.74) is 2.13. The second kappa shape index (κ2) is 9.81. The van der Waals surface area contributed by atoms with E-state index in [0.29, 0.717) is 40.9 Å². The quantitative estimate of drug-likeness (QED) is 0.358. The SMILES string of the molecule is COc1ccc(-n2[nH]c(C)c(C3=C(N(C)Cc4ccccc4)C(=O)N(c4ccc5c(c4)OCO5)C3=O)c2=O)cc1. The predicted molar refractivity (Wildman–Crippen MR) is 148 cm³/mol. The minimum atomic E-state index is -0.597. The maximum atomic E-state index is 14.1. The minimum Gasteiger partial charge on any atom is -0.497 e. The molecule has 2 aliphatic heterocycles. The molecule has 10 heteroatoms. The number of methoxy groups -OCH3 is 1. The first-order chi connectivity index (χ1) is 19.4. The first-order valence-corrected chi connectivity index (χ1v) is 12.6. The Morgan fingerprint density at radius 1 is 0.900 bits per heavy atom. The van der Waals surface area contributed by atoms with Crippen LogP contribution < -0.4 is 24.7 Å². The van der Waals surface area contributed by atoms with Gasteiger partial charge in [0.2, 0.25) is 6.79 Å². The van der Waals surface area contributed by atoms with E-state index in [1.807, 2.05) is 30.3 Å². The average Bonchev–Trinajstić information content (AvgIpc) is 3.62. The zero-order valence-corrected chi connectivity index (χ0v) is 22.1. The monoisotopic (exact) mass is 538 g/mol. The van der Waals surface area contributed by atoms with Gasteiger partial charge in [0.05, 0.1) is 29.6 Å². The van der Waals surface area contributed by atoms with Crippen LogP contribution in [0.15, 0.2) is 83.3 Å². The summed E-state index contributed by atoms with van der Waals surface area (Å²) in [4.78, 5) is 44.7. The van der Waals surface area contributed by atoms with Crippen molar-refractivity contribution < 1.29 is 23.8 Å². The summed E-state index contributed by atoms with van der Waals surface area (Å²) in [6.07, 6.45) is 0. The first-order valence-electron chi connectivity index (χ1n) is 12.6. The smallest absolute Gasteiger partial charge is 0.282 e. The van der Waals surface area contributed by atoms with Gasteiger partial charge in [-0.3, -0.25) is 19.5 Å². The molecule has 202 valence electrons. The zero-order chi connectivity index (χ0) is 28.0. The van der Waals surface area contributed by atoms with Gasteiger partial charge >= 0.3 is 0 Å². The number of aromatic amines is 1. The van der Waals surface area contributed by atoms with Crippen molar-refractivity contribution in [2.75, 3.05) is 25.9 Å². The van der Waals surface area contributed by atoms with Crippen LogP contribution in [0.2, 0.25) is 0 Å². The molecule has 2 aliphatic rings. The Bertz CT molecular complexity index is 1720. The molecule has 2 amide bonds. The highest BCUT2D eigenvalue weighted by Crippen LogP contribution is 2.40. The van der Waals surface area contributed by atoms with E-state index < -0.39 is 17.4 Å². The number of carbonyl (C=O) groups excluding carboxylic acids is 2. The van der Waals surface area contributed by atoms with Crippen LogP contribution in [0.1, 0.15) is 16.8 Å². The fraction of sp³-hybridized carbons (Fsp3) is 0.167. The van der Waals surface area contributed by atoms with Crippen molar-refractivity contribution in [3.8, 4) is 22.9 Å². The molecule has 10 nitrogen and oxygen atoms in total.